The maximum absolute atomic E-state index is 13.1. The van der Waals surface area contributed by atoms with Gasteiger partial charge in [0, 0.05) is 0 Å². The molecule has 0 saturated heterocycles. The summed E-state index contributed by atoms with van der Waals surface area (Å²) in [5.41, 5.74) is 11.7. The van der Waals surface area contributed by atoms with Crippen LogP contribution in [-0.2, 0) is 19.2 Å². The Bertz CT molecular complexity index is 1950. The first-order chi connectivity index (χ1) is 27.3. The molecule has 0 bridgehead atoms. The third-order valence-electron chi connectivity index (χ3n) is 8.54. The van der Waals surface area contributed by atoms with Gasteiger partial charge in [0.05, 0.1) is 37.4 Å². The van der Waals surface area contributed by atoms with Crippen molar-refractivity contribution in [1.82, 2.24) is 21.5 Å². The highest BCUT2D eigenvalue weighted by Gasteiger charge is 2.24. The minimum absolute atomic E-state index is 0.219. The van der Waals surface area contributed by atoms with Gasteiger partial charge in [0.2, 0.25) is 11.8 Å². The predicted octanol–water partition coefficient (Wildman–Crippen LogP) is 6.59. The first-order valence-corrected chi connectivity index (χ1v) is 18.1. The summed E-state index contributed by atoms with van der Waals surface area (Å²) in [6, 6.07) is 45.5. The Morgan fingerprint density at radius 2 is 0.750 bits per heavy atom. The van der Waals surface area contributed by atoms with Crippen LogP contribution in [0.3, 0.4) is 0 Å². The highest BCUT2D eigenvalue weighted by Crippen LogP contribution is 2.26. The van der Waals surface area contributed by atoms with Crippen molar-refractivity contribution >= 4 is 48.2 Å². The first kappa shape index (κ1) is 40.0. The van der Waals surface area contributed by atoms with Gasteiger partial charge in [-0.05, 0) is 58.4 Å². The maximum Gasteiger partial charge on any atom is 0.259 e. The third-order valence-corrected chi connectivity index (χ3v) is 8.54. The number of rotatable bonds is 16. The molecule has 5 aromatic carbocycles. The second-order valence-electron chi connectivity index (χ2n) is 13.0. The number of allylic oxidation sites excluding steroid dienone is 2. The van der Waals surface area contributed by atoms with Crippen LogP contribution < -0.4 is 21.5 Å². The summed E-state index contributed by atoms with van der Waals surface area (Å²) in [5, 5.41) is 13.5. The van der Waals surface area contributed by atoms with Gasteiger partial charge in [0.1, 0.15) is 0 Å². The van der Waals surface area contributed by atoms with E-state index < -0.39 is 23.7 Å². The number of nitrogens with one attached hydrogen (secondary N) is 4. The Morgan fingerprint density at radius 3 is 1.04 bits per heavy atom. The van der Waals surface area contributed by atoms with Gasteiger partial charge in [-0.15, -0.1) is 0 Å². The van der Waals surface area contributed by atoms with E-state index in [1.165, 1.54) is 12.4 Å². The normalized spacial score (nSPS) is 11.9. The van der Waals surface area contributed by atoms with E-state index in [2.05, 4.69) is 31.7 Å². The number of hydrogen-bond donors (Lipinski definition) is 4. The number of amides is 4. The van der Waals surface area contributed by atoms with Crippen molar-refractivity contribution in [2.75, 3.05) is 13.1 Å². The Hall–Kier alpha value is -7.20. The van der Waals surface area contributed by atoms with Crippen molar-refractivity contribution in [3.05, 3.63) is 190 Å². The van der Waals surface area contributed by atoms with Crippen LogP contribution in [0.1, 0.15) is 59.1 Å². The van der Waals surface area contributed by atoms with Crippen LogP contribution in [0.15, 0.2) is 167 Å². The lowest BCUT2D eigenvalue weighted by atomic mass is 9.90. The number of hydrogen-bond acceptors (Lipinski definition) is 6. The van der Waals surface area contributed by atoms with Crippen molar-refractivity contribution in [3.63, 3.8) is 0 Å². The minimum Gasteiger partial charge on any atom is -0.346 e. The molecule has 0 aliphatic heterocycles. The molecule has 10 nitrogen and oxygen atoms in total. The molecule has 0 atom stereocenters. The summed E-state index contributed by atoms with van der Waals surface area (Å²) in [4.78, 5) is 51.2. The number of carbonyl (C=O) groups is 4. The zero-order valence-corrected chi connectivity index (χ0v) is 31.3. The summed E-state index contributed by atoms with van der Waals surface area (Å²) in [6.07, 6.45) is 6.91. The zero-order valence-electron chi connectivity index (χ0n) is 31.3. The second kappa shape index (κ2) is 20.9. The maximum atomic E-state index is 13.1. The summed E-state index contributed by atoms with van der Waals surface area (Å²) in [6.45, 7) is 3.29. The number of hydrazone groups is 2. The molecule has 282 valence electrons. The SMILES string of the molecule is CC(C=NNC(=O)CNC(=O)C(c1ccccc1)c1ccccc1)=Cc1ccc(C=C(C)C=NNC(=O)CNC(=O)C(c2ccccc2)c2ccccc2)cc1. The van der Waals surface area contributed by atoms with Crippen LogP contribution in [0.2, 0.25) is 0 Å². The van der Waals surface area contributed by atoms with Crippen LogP contribution in [0, 0.1) is 0 Å². The Balaban J connectivity index is 1.05. The highest BCUT2D eigenvalue weighted by molar-refractivity contribution is 5.93. The molecule has 0 radical (unpaired) electrons. The highest BCUT2D eigenvalue weighted by atomic mass is 16.2. The van der Waals surface area contributed by atoms with Gasteiger partial charge < -0.3 is 10.6 Å². The van der Waals surface area contributed by atoms with Gasteiger partial charge in [0.25, 0.3) is 11.8 Å². The van der Waals surface area contributed by atoms with Crippen LogP contribution in [0.4, 0.5) is 0 Å². The second-order valence-corrected chi connectivity index (χ2v) is 13.0. The van der Waals surface area contributed by atoms with Crippen LogP contribution in [0.25, 0.3) is 12.2 Å². The van der Waals surface area contributed by atoms with Crippen molar-refractivity contribution in [3.8, 4) is 0 Å². The van der Waals surface area contributed by atoms with Crippen molar-refractivity contribution in [2.45, 2.75) is 25.7 Å². The van der Waals surface area contributed by atoms with E-state index in [9.17, 15) is 19.2 Å². The molecule has 0 aromatic heterocycles. The van der Waals surface area contributed by atoms with Crippen molar-refractivity contribution in [2.24, 2.45) is 10.2 Å². The van der Waals surface area contributed by atoms with Gasteiger partial charge in [-0.3, -0.25) is 19.2 Å². The molecule has 0 saturated carbocycles. The number of nitrogens with zero attached hydrogens (tertiary/aromatic N) is 2. The third kappa shape index (κ3) is 12.4. The fourth-order valence-electron chi connectivity index (χ4n) is 5.89. The van der Waals surface area contributed by atoms with Crippen LogP contribution >= 0.6 is 0 Å². The average Bonchev–Trinajstić information content (AvgIpc) is 3.22. The van der Waals surface area contributed by atoms with E-state index >= 15 is 0 Å². The molecule has 4 N–H and O–H groups in total. The Labute approximate surface area is 327 Å². The molecular weight excluding hydrogens is 701 g/mol. The molecule has 0 heterocycles. The smallest absolute Gasteiger partial charge is 0.259 e. The predicted molar refractivity (Wildman–Crippen MR) is 222 cm³/mol. The molecule has 0 unspecified atom stereocenters. The monoisotopic (exact) mass is 744 g/mol. The summed E-state index contributed by atoms with van der Waals surface area (Å²) in [7, 11) is 0. The summed E-state index contributed by atoms with van der Waals surface area (Å²) >= 11 is 0. The largest absolute Gasteiger partial charge is 0.346 e. The minimum atomic E-state index is -0.544. The first-order valence-electron chi connectivity index (χ1n) is 18.1. The molecule has 10 heteroatoms. The van der Waals surface area contributed by atoms with Crippen molar-refractivity contribution in [1.29, 1.82) is 0 Å². The van der Waals surface area contributed by atoms with E-state index in [1.54, 1.807) is 0 Å². The molecule has 5 rings (SSSR count). The topological polar surface area (TPSA) is 141 Å². The summed E-state index contributed by atoms with van der Waals surface area (Å²) < 4.78 is 0. The number of carbonyl (C=O) groups excluding carboxylic acids is 4. The van der Waals surface area contributed by atoms with Crippen molar-refractivity contribution < 1.29 is 19.2 Å². The Kier molecular flexibility index (Phi) is 14.9. The molecule has 56 heavy (non-hydrogen) atoms. The van der Waals surface area contributed by atoms with Gasteiger partial charge in [-0.2, -0.15) is 10.2 Å². The van der Waals surface area contributed by atoms with Gasteiger partial charge in [0.15, 0.2) is 0 Å². The van der Waals surface area contributed by atoms with E-state index in [-0.39, 0.29) is 24.9 Å². The summed E-state index contributed by atoms with van der Waals surface area (Å²) in [5.74, 6) is -2.53. The molecular formula is C46H44N6O4. The molecule has 0 aliphatic carbocycles. The molecule has 0 fully saturated rings. The van der Waals surface area contributed by atoms with Gasteiger partial charge in [-0.25, -0.2) is 10.9 Å². The Morgan fingerprint density at radius 1 is 0.464 bits per heavy atom. The van der Waals surface area contributed by atoms with Crippen LogP contribution in [0.5, 0.6) is 0 Å². The quantitative estimate of drug-likeness (QED) is 0.0668. The van der Waals surface area contributed by atoms with E-state index in [0.717, 1.165) is 44.5 Å². The standard InChI is InChI=1S/C46H44N6O4/c1-33(29-49-51-41(53)31-47-45(55)43(37-15-7-3-8-16-37)38-17-9-4-10-18-38)27-35-23-25-36(26-24-35)28-34(2)30-50-52-42(54)32-48-46(56)44(39-19-11-5-12-20-39)40-21-13-6-14-22-40/h3-30,43-44H,31-32H2,1-2H3,(H,47,55)(H,48,56)(H,51,53)(H,52,54). The lowest BCUT2D eigenvalue weighted by Gasteiger charge is -2.17. The lowest BCUT2D eigenvalue weighted by molar-refractivity contribution is -0.126. The fourth-order valence-corrected chi connectivity index (χ4v) is 5.89. The molecule has 5 aromatic rings. The van der Waals surface area contributed by atoms with E-state index in [4.69, 9.17) is 0 Å². The lowest BCUT2D eigenvalue weighted by Crippen LogP contribution is -2.37. The molecule has 0 spiro atoms. The number of benzene rings is 5. The molecule has 4 amide bonds. The molecule has 0 aliphatic rings. The van der Waals surface area contributed by atoms with Gasteiger partial charge >= 0.3 is 0 Å². The zero-order chi connectivity index (χ0) is 39.5. The fraction of sp³-hybridized carbons (Fsp3) is 0.130. The van der Waals surface area contributed by atoms with E-state index in [0.29, 0.717) is 0 Å². The van der Waals surface area contributed by atoms with E-state index in [1.807, 2.05) is 172 Å². The van der Waals surface area contributed by atoms with Gasteiger partial charge in [-0.1, -0.05) is 158 Å². The average molecular weight is 745 g/mol. The van der Waals surface area contributed by atoms with Crippen LogP contribution in [-0.4, -0.2) is 49.1 Å².